The van der Waals surface area contributed by atoms with Crippen LogP contribution in [-0.4, -0.2) is 20.4 Å². The number of anilines is 1. The predicted molar refractivity (Wildman–Crippen MR) is 81.0 cm³/mol. The summed E-state index contributed by atoms with van der Waals surface area (Å²) in [6.07, 6.45) is -0.146. The molecule has 6 nitrogen and oxygen atoms in total. The fraction of sp³-hybridized carbons (Fsp3) is 0.133. The molecule has 1 heterocycles. The molecule has 1 atom stereocenters. The van der Waals surface area contributed by atoms with E-state index in [1.54, 1.807) is 6.07 Å². The third kappa shape index (κ3) is 2.95. The molecule has 2 aromatic rings. The molecule has 2 aromatic carbocycles. The Kier molecular flexibility index (Phi) is 3.59. The van der Waals surface area contributed by atoms with Gasteiger partial charge in [0, 0.05) is 12.1 Å². The van der Waals surface area contributed by atoms with Gasteiger partial charge in [-0.05, 0) is 29.8 Å². The van der Waals surface area contributed by atoms with Crippen molar-refractivity contribution < 1.29 is 17.9 Å². The Balaban J connectivity index is 1.74. The van der Waals surface area contributed by atoms with Crippen molar-refractivity contribution in [3.8, 4) is 5.75 Å². The molecule has 22 heavy (non-hydrogen) atoms. The number of nitrogens with two attached hydrogens (primary N) is 1. The molecule has 3 N–H and O–H groups in total. The van der Waals surface area contributed by atoms with Crippen LogP contribution in [0.2, 0.25) is 0 Å². The molecule has 0 spiro atoms. The summed E-state index contributed by atoms with van der Waals surface area (Å²) in [7, 11) is -3.81. The number of sulfonamides is 1. The number of benzene rings is 2. The van der Waals surface area contributed by atoms with E-state index in [1.165, 1.54) is 18.2 Å². The molecule has 0 fully saturated rings. The number of hydrogen-bond donors (Lipinski definition) is 2. The molecule has 7 heteroatoms. The van der Waals surface area contributed by atoms with Crippen LogP contribution < -0.4 is 15.2 Å². The quantitative estimate of drug-likeness (QED) is 0.890. The topological polar surface area (TPSA) is 98.5 Å². The summed E-state index contributed by atoms with van der Waals surface area (Å²) < 4.78 is 28.2. The molecule has 1 aliphatic rings. The number of nitrogens with one attached hydrogen (secondary N) is 1. The first-order valence-corrected chi connectivity index (χ1v) is 8.16. The Morgan fingerprint density at radius 3 is 2.68 bits per heavy atom. The van der Waals surface area contributed by atoms with Crippen molar-refractivity contribution in [2.75, 3.05) is 5.32 Å². The SMILES string of the molecule is NS(=O)(=O)c1cccc(NC(=O)[C@@H]2Cc3ccccc3O2)c1. The molecular weight excluding hydrogens is 304 g/mol. The summed E-state index contributed by atoms with van der Waals surface area (Å²) in [6, 6.07) is 13.2. The standard InChI is InChI=1S/C15H14N2O4S/c16-22(19,20)12-6-3-5-11(9-12)17-15(18)14-8-10-4-1-2-7-13(10)21-14/h1-7,9,14H,8H2,(H,17,18)(H2,16,19,20)/t14-/m0/s1. The van der Waals surface area contributed by atoms with Gasteiger partial charge in [0.05, 0.1) is 4.90 Å². The van der Waals surface area contributed by atoms with Crippen molar-refractivity contribution in [2.24, 2.45) is 5.14 Å². The average molecular weight is 318 g/mol. The zero-order valence-corrected chi connectivity index (χ0v) is 12.3. The van der Waals surface area contributed by atoms with Gasteiger partial charge in [-0.25, -0.2) is 13.6 Å². The number of para-hydroxylation sites is 1. The second kappa shape index (κ2) is 5.43. The smallest absolute Gasteiger partial charge is 0.265 e. The van der Waals surface area contributed by atoms with Crippen LogP contribution in [0.1, 0.15) is 5.56 Å². The maximum atomic E-state index is 12.2. The van der Waals surface area contributed by atoms with Crippen molar-refractivity contribution in [2.45, 2.75) is 17.4 Å². The molecule has 3 rings (SSSR count). The highest BCUT2D eigenvalue weighted by molar-refractivity contribution is 7.89. The Labute approximate surface area is 128 Å². The highest BCUT2D eigenvalue weighted by Gasteiger charge is 2.28. The highest BCUT2D eigenvalue weighted by Crippen LogP contribution is 2.28. The van der Waals surface area contributed by atoms with E-state index < -0.39 is 16.1 Å². The first-order chi connectivity index (χ1) is 10.4. The van der Waals surface area contributed by atoms with Crippen molar-refractivity contribution in [3.05, 3.63) is 54.1 Å². The lowest BCUT2D eigenvalue weighted by molar-refractivity contribution is -0.122. The van der Waals surface area contributed by atoms with E-state index in [2.05, 4.69) is 5.32 Å². The minimum atomic E-state index is -3.81. The van der Waals surface area contributed by atoms with Crippen LogP contribution in [0.15, 0.2) is 53.4 Å². The summed E-state index contributed by atoms with van der Waals surface area (Å²) in [5, 5.41) is 7.72. The molecular formula is C15H14N2O4S. The van der Waals surface area contributed by atoms with Crippen LogP contribution in [0.5, 0.6) is 5.75 Å². The van der Waals surface area contributed by atoms with Crippen molar-refractivity contribution in [1.29, 1.82) is 0 Å². The molecule has 114 valence electrons. The van der Waals surface area contributed by atoms with Gasteiger partial charge in [0.25, 0.3) is 5.91 Å². The lowest BCUT2D eigenvalue weighted by atomic mass is 10.1. The first-order valence-electron chi connectivity index (χ1n) is 6.62. The fourth-order valence-corrected chi connectivity index (χ4v) is 2.86. The largest absolute Gasteiger partial charge is 0.480 e. The van der Waals surface area contributed by atoms with Gasteiger partial charge in [0.2, 0.25) is 10.0 Å². The number of carbonyl (C=O) groups excluding carboxylic acids is 1. The molecule has 0 radical (unpaired) electrons. The monoisotopic (exact) mass is 318 g/mol. The third-order valence-electron chi connectivity index (χ3n) is 3.37. The molecule has 0 unspecified atom stereocenters. The Hall–Kier alpha value is -2.38. The zero-order chi connectivity index (χ0) is 15.7. The summed E-state index contributed by atoms with van der Waals surface area (Å²) in [6.45, 7) is 0. The number of rotatable bonds is 3. The number of ether oxygens (including phenoxy) is 1. The zero-order valence-electron chi connectivity index (χ0n) is 11.5. The fourth-order valence-electron chi connectivity index (χ4n) is 2.30. The molecule has 0 aromatic heterocycles. The van der Waals surface area contributed by atoms with Gasteiger partial charge >= 0.3 is 0 Å². The van der Waals surface area contributed by atoms with Gasteiger partial charge < -0.3 is 10.1 Å². The maximum Gasteiger partial charge on any atom is 0.265 e. The number of amides is 1. The Morgan fingerprint density at radius 1 is 1.18 bits per heavy atom. The lowest BCUT2D eigenvalue weighted by Crippen LogP contribution is -2.31. The van der Waals surface area contributed by atoms with Crippen LogP contribution in [0, 0.1) is 0 Å². The van der Waals surface area contributed by atoms with Gasteiger partial charge in [-0.2, -0.15) is 0 Å². The van der Waals surface area contributed by atoms with Crippen LogP contribution >= 0.6 is 0 Å². The van der Waals surface area contributed by atoms with Gasteiger partial charge in [0.1, 0.15) is 5.75 Å². The molecule has 1 amide bonds. The molecule has 0 aliphatic carbocycles. The van der Waals surface area contributed by atoms with Crippen LogP contribution in [0.4, 0.5) is 5.69 Å². The molecule has 1 aliphatic heterocycles. The van der Waals surface area contributed by atoms with Gasteiger partial charge in [-0.15, -0.1) is 0 Å². The Morgan fingerprint density at radius 2 is 1.95 bits per heavy atom. The van der Waals surface area contributed by atoms with E-state index >= 15 is 0 Å². The lowest BCUT2D eigenvalue weighted by Gasteiger charge is -2.12. The third-order valence-corrected chi connectivity index (χ3v) is 4.28. The van der Waals surface area contributed by atoms with Gasteiger partial charge in [-0.3, -0.25) is 4.79 Å². The van der Waals surface area contributed by atoms with Gasteiger partial charge in [-0.1, -0.05) is 24.3 Å². The van der Waals surface area contributed by atoms with Crippen LogP contribution in [0.25, 0.3) is 0 Å². The molecule has 0 saturated heterocycles. The van der Waals surface area contributed by atoms with Crippen LogP contribution in [0.3, 0.4) is 0 Å². The van der Waals surface area contributed by atoms with E-state index in [9.17, 15) is 13.2 Å². The second-order valence-electron chi connectivity index (χ2n) is 4.98. The highest BCUT2D eigenvalue weighted by atomic mass is 32.2. The number of hydrogen-bond acceptors (Lipinski definition) is 4. The summed E-state index contributed by atoms with van der Waals surface area (Å²) in [5.41, 5.74) is 1.33. The Bertz CT molecular complexity index is 808. The minimum Gasteiger partial charge on any atom is -0.480 e. The van der Waals surface area contributed by atoms with Crippen LogP contribution in [-0.2, 0) is 21.2 Å². The van der Waals surface area contributed by atoms with E-state index in [0.717, 1.165) is 5.56 Å². The van der Waals surface area contributed by atoms with Crippen molar-refractivity contribution in [3.63, 3.8) is 0 Å². The van der Waals surface area contributed by atoms with Crippen molar-refractivity contribution >= 4 is 21.6 Å². The summed E-state index contributed by atoms with van der Waals surface area (Å²) in [4.78, 5) is 12.2. The van der Waals surface area contributed by atoms with E-state index in [0.29, 0.717) is 17.9 Å². The summed E-state index contributed by atoms with van der Waals surface area (Å²) >= 11 is 0. The molecule has 0 saturated carbocycles. The number of primary sulfonamides is 1. The second-order valence-corrected chi connectivity index (χ2v) is 6.54. The van der Waals surface area contributed by atoms with Gasteiger partial charge in [0.15, 0.2) is 6.10 Å². The summed E-state index contributed by atoms with van der Waals surface area (Å²) in [5.74, 6) is 0.365. The number of fused-ring (bicyclic) bond motifs is 1. The van der Waals surface area contributed by atoms with E-state index in [1.807, 2.05) is 24.3 Å². The average Bonchev–Trinajstić information content (AvgIpc) is 2.90. The van der Waals surface area contributed by atoms with Crippen molar-refractivity contribution in [1.82, 2.24) is 0 Å². The predicted octanol–water partition coefficient (Wildman–Crippen LogP) is 1.28. The first kappa shape index (κ1) is 14.6. The minimum absolute atomic E-state index is 0.0547. The number of carbonyl (C=O) groups is 1. The maximum absolute atomic E-state index is 12.2. The molecule has 0 bridgehead atoms. The van der Waals surface area contributed by atoms with E-state index in [-0.39, 0.29) is 10.8 Å². The normalized spacial score (nSPS) is 16.7. The van der Waals surface area contributed by atoms with E-state index in [4.69, 9.17) is 9.88 Å².